The van der Waals surface area contributed by atoms with E-state index in [9.17, 15) is 0 Å². The van der Waals surface area contributed by atoms with Crippen molar-refractivity contribution in [3.63, 3.8) is 0 Å². The Morgan fingerprint density at radius 2 is 1.47 bits per heavy atom. The Hall–Kier alpha value is -0.520. The van der Waals surface area contributed by atoms with Crippen molar-refractivity contribution in [1.29, 1.82) is 0 Å². The molecule has 5 unspecified atom stereocenters. The van der Waals surface area contributed by atoms with Crippen molar-refractivity contribution in [2.24, 2.45) is 39.9 Å². The van der Waals surface area contributed by atoms with Crippen LogP contribution in [-0.4, -0.2) is 0 Å². The smallest absolute Gasteiger partial charge is 0.00802 e. The maximum atomic E-state index is 4.32. The highest BCUT2D eigenvalue weighted by molar-refractivity contribution is 5.35. The minimum atomic E-state index is 0. The SMILES string of the molecule is C.C=C(CCCC1CCC2C3=C(CCC12C)C1(C)CCCC(C)(C)C1CC3)C(C)C.CC.CC.CC. The predicted octanol–water partition coefficient (Wildman–Crippen LogP) is 12.8. The Labute approximate surface area is 230 Å². The van der Waals surface area contributed by atoms with E-state index in [2.05, 4.69) is 48.1 Å². The lowest BCUT2D eigenvalue weighted by Gasteiger charge is -2.58. The second-order valence-corrected chi connectivity index (χ2v) is 12.9. The third kappa shape index (κ3) is 6.91. The molecule has 0 radical (unpaired) electrons. The van der Waals surface area contributed by atoms with E-state index in [0.29, 0.717) is 22.2 Å². The zero-order valence-corrected chi connectivity index (χ0v) is 26.5. The van der Waals surface area contributed by atoms with E-state index in [4.69, 9.17) is 0 Å². The van der Waals surface area contributed by atoms with Crippen LogP contribution in [0.2, 0.25) is 0 Å². The van der Waals surface area contributed by atoms with Gasteiger partial charge >= 0.3 is 0 Å². The Kier molecular flexibility index (Phi) is 14.9. The van der Waals surface area contributed by atoms with E-state index in [0.717, 1.165) is 17.8 Å². The van der Waals surface area contributed by atoms with Gasteiger partial charge in [0.05, 0.1) is 0 Å². The molecule has 0 saturated heterocycles. The summed E-state index contributed by atoms with van der Waals surface area (Å²) in [6.07, 6.45) is 17.1. The quantitative estimate of drug-likeness (QED) is 0.328. The van der Waals surface area contributed by atoms with Crippen molar-refractivity contribution >= 4 is 0 Å². The molecule has 0 N–H and O–H groups in total. The van der Waals surface area contributed by atoms with Crippen LogP contribution in [0.4, 0.5) is 0 Å². The Morgan fingerprint density at radius 1 is 0.861 bits per heavy atom. The number of rotatable bonds is 5. The van der Waals surface area contributed by atoms with Crippen molar-refractivity contribution in [2.75, 3.05) is 0 Å². The molecule has 0 spiro atoms. The van der Waals surface area contributed by atoms with E-state index < -0.39 is 0 Å². The third-order valence-electron chi connectivity index (χ3n) is 10.7. The first-order chi connectivity index (χ1) is 16.6. The maximum absolute atomic E-state index is 4.32. The third-order valence-corrected chi connectivity index (χ3v) is 10.7. The van der Waals surface area contributed by atoms with Gasteiger partial charge in [-0.05, 0) is 111 Å². The second kappa shape index (κ2) is 15.2. The average molecular weight is 503 g/mol. The molecule has 0 aliphatic heterocycles. The van der Waals surface area contributed by atoms with Crippen molar-refractivity contribution in [2.45, 2.75) is 168 Å². The van der Waals surface area contributed by atoms with Gasteiger partial charge in [0.2, 0.25) is 0 Å². The van der Waals surface area contributed by atoms with Gasteiger partial charge in [0.25, 0.3) is 0 Å². The lowest BCUT2D eigenvalue weighted by molar-refractivity contribution is -0.00199. The molecular formula is C36H70. The van der Waals surface area contributed by atoms with Gasteiger partial charge in [0.1, 0.15) is 0 Å². The molecule has 0 aromatic heterocycles. The monoisotopic (exact) mass is 503 g/mol. The van der Waals surface area contributed by atoms with Gasteiger partial charge in [-0.3, -0.25) is 0 Å². The normalized spacial score (nSPS) is 33.6. The van der Waals surface area contributed by atoms with Gasteiger partial charge < -0.3 is 0 Å². The fourth-order valence-electron chi connectivity index (χ4n) is 8.84. The van der Waals surface area contributed by atoms with E-state index in [1.165, 1.54) is 82.6 Å². The lowest BCUT2D eigenvalue weighted by Crippen LogP contribution is -2.48. The van der Waals surface area contributed by atoms with Crippen LogP contribution in [0.5, 0.6) is 0 Å². The van der Waals surface area contributed by atoms with Crippen LogP contribution in [0.15, 0.2) is 23.3 Å². The summed E-state index contributed by atoms with van der Waals surface area (Å²) in [5.74, 6) is 3.44. The van der Waals surface area contributed by atoms with Crippen molar-refractivity contribution in [3.8, 4) is 0 Å². The molecule has 0 heteroatoms. The standard InChI is InChI=1S/C29H48.3C2H6.CH4/c1-20(2)21(3)10-8-11-22-12-14-24-23-13-15-26-27(4,5)17-9-18-29(26,7)25(23)16-19-28(22,24)6;3*1-2;/h20,22,24,26H,3,8-19H2,1-2,4-7H3;3*1-2H3;1H4. The number of hydrogen-bond acceptors (Lipinski definition) is 0. The van der Waals surface area contributed by atoms with E-state index >= 15 is 0 Å². The lowest BCUT2D eigenvalue weighted by atomic mass is 9.46. The Morgan fingerprint density at radius 3 is 2.06 bits per heavy atom. The fourth-order valence-corrected chi connectivity index (χ4v) is 8.84. The van der Waals surface area contributed by atoms with Crippen LogP contribution < -0.4 is 0 Å². The topological polar surface area (TPSA) is 0 Å². The molecule has 4 aliphatic rings. The molecule has 0 bridgehead atoms. The highest BCUT2D eigenvalue weighted by Gasteiger charge is 2.56. The number of allylic oxidation sites excluding steroid dienone is 3. The fraction of sp³-hybridized carbons (Fsp3) is 0.889. The summed E-state index contributed by atoms with van der Waals surface area (Å²) < 4.78 is 0. The number of fused-ring (bicyclic) bond motifs is 4. The average Bonchev–Trinajstić information content (AvgIpc) is 3.18. The number of hydrogen-bond donors (Lipinski definition) is 0. The van der Waals surface area contributed by atoms with Gasteiger partial charge in [-0.25, -0.2) is 0 Å². The van der Waals surface area contributed by atoms with Crippen LogP contribution in [0.25, 0.3) is 0 Å². The summed E-state index contributed by atoms with van der Waals surface area (Å²) in [5.41, 5.74) is 7.06. The Bertz CT molecular complexity index is 676. The predicted molar refractivity (Wildman–Crippen MR) is 168 cm³/mol. The van der Waals surface area contributed by atoms with Crippen LogP contribution >= 0.6 is 0 Å². The molecule has 0 aromatic rings. The summed E-state index contributed by atoms with van der Waals surface area (Å²) in [7, 11) is 0. The van der Waals surface area contributed by atoms with Gasteiger partial charge in [-0.15, -0.1) is 0 Å². The van der Waals surface area contributed by atoms with Gasteiger partial charge in [-0.2, -0.15) is 0 Å². The highest BCUT2D eigenvalue weighted by Crippen LogP contribution is 2.67. The molecule has 0 aromatic carbocycles. The second-order valence-electron chi connectivity index (χ2n) is 12.9. The molecule has 2 saturated carbocycles. The summed E-state index contributed by atoms with van der Waals surface area (Å²) in [6, 6.07) is 0. The largest absolute Gasteiger partial charge is 0.0996 e. The van der Waals surface area contributed by atoms with Crippen molar-refractivity contribution < 1.29 is 0 Å². The molecule has 214 valence electrons. The minimum Gasteiger partial charge on any atom is -0.0996 e. The first-order valence-electron chi connectivity index (χ1n) is 16.0. The van der Waals surface area contributed by atoms with E-state index in [1.807, 2.05) is 52.7 Å². The maximum Gasteiger partial charge on any atom is -0.00802 e. The highest BCUT2D eigenvalue weighted by atomic mass is 14.6. The van der Waals surface area contributed by atoms with Gasteiger partial charge in [-0.1, -0.05) is 120 Å². The van der Waals surface area contributed by atoms with Gasteiger partial charge in [0.15, 0.2) is 0 Å². The minimum absolute atomic E-state index is 0. The molecule has 4 aliphatic carbocycles. The molecule has 0 amide bonds. The van der Waals surface area contributed by atoms with Crippen molar-refractivity contribution in [3.05, 3.63) is 23.3 Å². The van der Waals surface area contributed by atoms with Gasteiger partial charge in [0, 0.05) is 0 Å². The summed E-state index contributed by atoms with van der Waals surface area (Å²) in [4.78, 5) is 0. The van der Waals surface area contributed by atoms with Crippen LogP contribution in [-0.2, 0) is 0 Å². The first kappa shape index (κ1) is 35.5. The zero-order valence-electron chi connectivity index (χ0n) is 26.5. The summed E-state index contributed by atoms with van der Waals surface area (Å²) in [6.45, 7) is 31.4. The zero-order chi connectivity index (χ0) is 27.0. The molecular weight excluding hydrogens is 432 g/mol. The molecule has 0 heterocycles. The van der Waals surface area contributed by atoms with E-state index in [-0.39, 0.29) is 7.43 Å². The van der Waals surface area contributed by atoms with Crippen LogP contribution in [0.3, 0.4) is 0 Å². The molecule has 5 atom stereocenters. The van der Waals surface area contributed by atoms with Crippen LogP contribution in [0, 0.1) is 39.9 Å². The molecule has 0 nitrogen and oxygen atoms in total. The van der Waals surface area contributed by atoms with Crippen LogP contribution in [0.1, 0.15) is 168 Å². The molecule has 2 fully saturated rings. The summed E-state index contributed by atoms with van der Waals surface area (Å²) in [5, 5.41) is 0. The molecule has 36 heavy (non-hydrogen) atoms. The van der Waals surface area contributed by atoms with E-state index in [1.54, 1.807) is 0 Å². The van der Waals surface area contributed by atoms with Crippen molar-refractivity contribution in [1.82, 2.24) is 0 Å². The Balaban J connectivity index is 0.00000163. The molecule has 4 rings (SSSR count). The summed E-state index contributed by atoms with van der Waals surface area (Å²) >= 11 is 0. The first-order valence-corrected chi connectivity index (χ1v) is 16.0.